The Bertz CT molecular complexity index is 3810. The minimum atomic E-state index is -0.160. The summed E-state index contributed by atoms with van der Waals surface area (Å²) in [4.78, 5) is 2.48. The van der Waals surface area contributed by atoms with Crippen LogP contribution in [0.1, 0.15) is 25.0 Å². The second kappa shape index (κ2) is 13.9. The fraction of sp³-hybridized carbons (Fsp3) is 0.0492. The molecule has 2 aromatic heterocycles. The van der Waals surface area contributed by atoms with E-state index in [9.17, 15) is 0 Å². The van der Waals surface area contributed by atoms with Crippen LogP contribution < -0.4 is 4.90 Å². The molecule has 0 fully saturated rings. The summed E-state index contributed by atoms with van der Waals surface area (Å²) in [6, 6.07) is 79.6. The first kappa shape index (κ1) is 36.5. The number of hydrogen-bond donors (Lipinski definition) is 0. The Morgan fingerprint density at radius 2 is 1.11 bits per heavy atom. The minimum absolute atomic E-state index is 0.160. The first-order chi connectivity index (χ1) is 31.5. The summed E-state index contributed by atoms with van der Waals surface area (Å²) in [6.45, 7) is 4.71. The lowest BCUT2D eigenvalue weighted by molar-refractivity contribution is 0.660. The van der Waals surface area contributed by atoms with Gasteiger partial charge in [0.15, 0.2) is 0 Å². The smallest absolute Gasteiger partial charge is 0.145 e. The van der Waals surface area contributed by atoms with Crippen molar-refractivity contribution in [3.05, 3.63) is 230 Å². The van der Waals surface area contributed by atoms with Crippen molar-refractivity contribution in [2.45, 2.75) is 19.3 Å². The van der Waals surface area contributed by atoms with Crippen molar-refractivity contribution in [2.75, 3.05) is 4.90 Å². The van der Waals surface area contributed by atoms with E-state index in [1.165, 1.54) is 66.0 Å². The topological polar surface area (TPSA) is 21.3 Å². The highest BCUT2D eigenvalue weighted by molar-refractivity contribution is 6.19. The van der Waals surface area contributed by atoms with Crippen LogP contribution in [0.15, 0.2) is 223 Å². The molecule has 2 heterocycles. The molecule has 0 saturated heterocycles. The van der Waals surface area contributed by atoms with E-state index in [2.05, 4.69) is 242 Å². The molecule has 0 atom stereocenters. The normalized spacial score (nSPS) is 13.0. The number of para-hydroxylation sites is 3. The molecular weight excluding hydrogens is 777 g/mol. The first-order valence-electron chi connectivity index (χ1n) is 22.2. The maximum Gasteiger partial charge on any atom is 0.145 e. The van der Waals surface area contributed by atoms with Crippen LogP contribution in [0.5, 0.6) is 0 Å². The van der Waals surface area contributed by atoms with Crippen molar-refractivity contribution in [3.63, 3.8) is 0 Å². The predicted molar refractivity (Wildman–Crippen MR) is 269 cm³/mol. The Hall–Kier alpha value is -8.14. The van der Waals surface area contributed by atoms with Crippen LogP contribution in [-0.2, 0) is 5.41 Å². The summed E-state index contributed by atoms with van der Waals surface area (Å²) < 4.78 is 9.34. The summed E-state index contributed by atoms with van der Waals surface area (Å²) in [5.74, 6) is 0. The molecule has 302 valence electrons. The van der Waals surface area contributed by atoms with E-state index in [0.717, 1.165) is 55.8 Å². The molecule has 1 aliphatic rings. The van der Waals surface area contributed by atoms with Crippen molar-refractivity contribution in [1.82, 2.24) is 4.57 Å². The van der Waals surface area contributed by atoms with E-state index in [4.69, 9.17) is 4.42 Å². The number of nitrogens with zero attached hydrogens (tertiary/aromatic N) is 2. The van der Waals surface area contributed by atoms with Crippen LogP contribution in [0.25, 0.3) is 93.6 Å². The fourth-order valence-electron chi connectivity index (χ4n) is 10.8. The molecule has 3 heteroatoms. The van der Waals surface area contributed by atoms with Gasteiger partial charge in [0.2, 0.25) is 0 Å². The van der Waals surface area contributed by atoms with E-state index < -0.39 is 0 Å². The van der Waals surface area contributed by atoms with E-state index >= 15 is 0 Å². The van der Waals surface area contributed by atoms with Gasteiger partial charge in [0, 0.05) is 44.1 Å². The molecular formula is C61H42N2O. The van der Waals surface area contributed by atoms with Crippen molar-refractivity contribution < 1.29 is 4.42 Å². The van der Waals surface area contributed by atoms with Crippen LogP contribution in [0, 0.1) is 0 Å². The largest absolute Gasteiger partial charge is 0.455 e. The highest BCUT2D eigenvalue weighted by Gasteiger charge is 2.38. The molecule has 0 unspecified atom stereocenters. The minimum Gasteiger partial charge on any atom is -0.455 e. The average molecular weight is 819 g/mol. The van der Waals surface area contributed by atoms with Crippen LogP contribution in [-0.4, -0.2) is 4.57 Å². The standard InChI is InChI=1S/C61H42N2O/c1-61(2)50-24-11-8-20-47(50)58-51(61)25-15-28-54(58)63(55-37-36-46(42-31-30-39-16-6-7-17-41(39)38-42)60-59(55)49-22-10-13-29-56(49)64-60)44-34-32-40(33-35-44)45-23-14-27-53-57(45)48-21-9-12-26-52(48)62(53)43-18-4-3-5-19-43/h3-38H,1-2H3. The number of aromatic nitrogens is 1. The molecule has 3 nitrogen and oxygen atoms in total. The lowest BCUT2D eigenvalue weighted by atomic mass is 9.82. The van der Waals surface area contributed by atoms with Crippen LogP contribution in [0.2, 0.25) is 0 Å². The zero-order chi connectivity index (χ0) is 42.5. The summed E-state index contributed by atoms with van der Waals surface area (Å²) in [5, 5.41) is 7.10. The summed E-state index contributed by atoms with van der Waals surface area (Å²) in [6.07, 6.45) is 0. The van der Waals surface area contributed by atoms with Crippen LogP contribution in [0.4, 0.5) is 17.1 Å². The molecule has 0 spiro atoms. The Morgan fingerprint density at radius 3 is 1.98 bits per heavy atom. The molecule has 0 saturated carbocycles. The number of anilines is 3. The van der Waals surface area contributed by atoms with Gasteiger partial charge in [-0.2, -0.15) is 0 Å². The van der Waals surface area contributed by atoms with Gasteiger partial charge in [0.1, 0.15) is 11.2 Å². The van der Waals surface area contributed by atoms with E-state index in [-0.39, 0.29) is 5.41 Å². The third kappa shape index (κ3) is 5.34. The highest BCUT2D eigenvalue weighted by Crippen LogP contribution is 2.56. The lowest BCUT2D eigenvalue weighted by Crippen LogP contribution is -2.16. The summed E-state index contributed by atoms with van der Waals surface area (Å²) in [7, 11) is 0. The van der Waals surface area contributed by atoms with E-state index in [0.29, 0.717) is 0 Å². The van der Waals surface area contributed by atoms with Gasteiger partial charge in [0.05, 0.1) is 27.8 Å². The predicted octanol–water partition coefficient (Wildman–Crippen LogP) is 16.9. The fourth-order valence-corrected chi connectivity index (χ4v) is 10.8. The van der Waals surface area contributed by atoms with Crippen molar-refractivity contribution >= 4 is 71.6 Å². The van der Waals surface area contributed by atoms with Crippen molar-refractivity contribution in [3.8, 4) is 39.1 Å². The van der Waals surface area contributed by atoms with E-state index in [1.54, 1.807) is 0 Å². The van der Waals surface area contributed by atoms with Gasteiger partial charge in [0.25, 0.3) is 0 Å². The number of furan rings is 1. The molecule has 0 aliphatic heterocycles. The van der Waals surface area contributed by atoms with Crippen LogP contribution >= 0.6 is 0 Å². The molecule has 0 radical (unpaired) electrons. The summed E-state index contributed by atoms with van der Waals surface area (Å²) in [5.41, 5.74) is 18.2. The van der Waals surface area contributed by atoms with Gasteiger partial charge >= 0.3 is 0 Å². The maximum atomic E-state index is 6.95. The molecule has 12 aromatic rings. The number of fused-ring (bicyclic) bond motifs is 10. The monoisotopic (exact) mass is 818 g/mol. The van der Waals surface area contributed by atoms with Crippen molar-refractivity contribution in [1.29, 1.82) is 0 Å². The molecule has 1 aliphatic carbocycles. The molecule has 64 heavy (non-hydrogen) atoms. The highest BCUT2D eigenvalue weighted by atomic mass is 16.3. The zero-order valence-corrected chi connectivity index (χ0v) is 35.6. The molecule has 10 aromatic carbocycles. The first-order valence-corrected chi connectivity index (χ1v) is 22.2. The van der Waals surface area contributed by atoms with Gasteiger partial charge in [-0.05, 0) is 111 Å². The number of rotatable bonds is 6. The van der Waals surface area contributed by atoms with Crippen LogP contribution in [0.3, 0.4) is 0 Å². The Labute approximate surface area is 371 Å². The molecule has 0 N–H and O–H groups in total. The third-order valence-electron chi connectivity index (χ3n) is 13.8. The SMILES string of the molecule is CC1(C)c2ccccc2-c2c(N(c3ccc(-c4cccc5c4c4ccccc4n5-c4ccccc4)cc3)c3ccc(-c4ccc5ccccc5c4)c4oc5ccccc5c34)cccc21. The maximum absolute atomic E-state index is 6.95. The average Bonchev–Trinajstić information content (AvgIpc) is 3.98. The third-order valence-corrected chi connectivity index (χ3v) is 13.8. The second-order valence-electron chi connectivity index (χ2n) is 17.6. The Morgan fingerprint density at radius 1 is 0.438 bits per heavy atom. The molecule has 0 amide bonds. The second-order valence-corrected chi connectivity index (χ2v) is 17.6. The Balaban J connectivity index is 1.05. The number of hydrogen-bond acceptors (Lipinski definition) is 2. The number of benzene rings is 10. The van der Waals surface area contributed by atoms with E-state index in [1.807, 2.05) is 0 Å². The van der Waals surface area contributed by atoms with Gasteiger partial charge in [-0.25, -0.2) is 0 Å². The van der Waals surface area contributed by atoms with Gasteiger partial charge < -0.3 is 13.9 Å². The van der Waals surface area contributed by atoms with Gasteiger partial charge in [-0.1, -0.05) is 166 Å². The molecule has 13 rings (SSSR count). The lowest BCUT2D eigenvalue weighted by Gasteiger charge is -2.30. The van der Waals surface area contributed by atoms with Gasteiger partial charge in [-0.3, -0.25) is 0 Å². The quantitative estimate of drug-likeness (QED) is 0.167. The van der Waals surface area contributed by atoms with Crippen molar-refractivity contribution in [2.24, 2.45) is 0 Å². The summed E-state index contributed by atoms with van der Waals surface area (Å²) >= 11 is 0. The zero-order valence-electron chi connectivity index (χ0n) is 35.6. The van der Waals surface area contributed by atoms with Gasteiger partial charge in [-0.15, -0.1) is 0 Å². The molecule has 0 bridgehead atoms. The Kier molecular flexibility index (Phi) is 7.95.